The van der Waals surface area contributed by atoms with Crippen LogP contribution in [0.15, 0.2) is 43.0 Å². The Bertz CT molecular complexity index is 851. The fourth-order valence-corrected chi connectivity index (χ4v) is 3.55. The molecular weight excluding hydrogens is 304 g/mol. The summed E-state index contributed by atoms with van der Waals surface area (Å²) < 4.78 is 4.97. The number of hydrogen-bond donors (Lipinski definition) is 0. The van der Waals surface area contributed by atoms with Crippen molar-refractivity contribution in [2.45, 2.75) is 0 Å². The third-order valence-corrected chi connectivity index (χ3v) is 4.73. The number of hydrogen-bond acceptors (Lipinski definition) is 5. The van der Waals surface area contributed by atoms with E-state index in [4.69, 9.17) is 4.74 Å². The highest BCUT2D eigenvalue weighted by Gasteiger charge is 2.31. The highest BCUT2D eigenvalue weighted by molar-refractivity contribution is 6.23. The average Bonchev–Trinajstić information content (AvgIpc) is 2.60. The van der Waals surface area contributed by atoms with Crippen LogP contribution in [0.4, 0.5) is 5.69 Å². The van der Waals surface area contributed by atoms with E-state index in [1.165, 1.54) is 0 Å². The van der Waals surface area contributed by atoms with E-state index < -0.39 is 11.9 Å². The van der Waals surface area contributed by atoms with Crippen molar-refractivity contribution in [3.8, 4) is 0 Å². The summed E-state index contributed by atoms with van der Waals surface area (Å²) in [6, 6.07) is 9.37. The van der Waals surface area contributed by atoms with Gasteiger partial charge in [0.25, 0.3) is 0 Å². The zero-order valence-electron chi connectivity index (χ0n) is 13.3. The van der Waals surface area contributed by atoms with E-state index >= 15 is 0 Å². The van der Waals surface area contributed by atoms with Gasteiger partial charge in [-0.3, -0.25) is 4.90 Å². The molecule has 2 aliphatic rings. The van der Waals surface area contributed by atoms with Crippen molar-refractivity contribution in [3.63, 3.8) is 0 Å². The Hall–Kier alpha value is -2.66. The summed E-state index contributed by atoms with van der Waals surface area (Å²) in [6.07, 6.45) is 1.91. The number of ether oxygens (including phenoxy) is 1. The number of esters is 2. The molecule has 5 nitrogen and oxygen atoms in total. The molecule has 122 valence electrons. The van der Waals surface area contributed by atoms with Gasteiger partial charge in [0, 0.05) is 38.1 Å². The maximum atomic E-state index is 12.4. The monoisotopic (exact) mass is 322 g/mol. The smallest absolute Gasteiger partial charge is 0.348 e. The van der Waals surface area contributed by atoms with Crippen LogP contribution in [0.3, 0.4) is 0 Å². The number of nitrogens with zero attached hydrogens (tertiary/aromatic N) is 2. The number of benzene rings is 2. The number of carbonyl (C=O) groups excluding carboxylic acids is 2. The van der Waals surface area contributed by atoms with Crippen LogP contribution in [-0.2, 0) is 4.74 Å². The van der Waals surface area contributed by atoms with Gasteiger partial charge < -0.3 is 9.64 Å². The fourth-order valence-electron chi connectivity index (χ4n) is 3.55. The van der Waals surface area contributed by atoms with Crippen molar-refractivity contribution in [3.05, 3.63) is 54.1 Å². The Labute approximate surface area is 140 Å². The first-order valence-corrected chi connectivity index (χ1v) is 8.09. The first-order chi connectivity index (χ1) is 11.7. The molecule has 0 amide bonds. The van der Waals surface area contributed by atoms with E-state index in [1.807, 2.05) is 30.3 Å². The van der Waals surface area contributed by atoms with Crippen molar-refractivity contribution < 1.29 is 14.3 Å². The van der Waals surface area contributed by atoms with Crippen LogP contribution < -0.4 is 4.90 Å². The van der Waals surface area contributed by atoms with Crippen LogP contribution in [-0.4, -0.2) is 49.6 Å². The highest BCUT2D eigenvalue weighted by atomic mass is 16.6. The molecule has 0 saturated carbocycles. The van der Waals surface area contributed by atoms with E-state index in [0.29, 0.717) is 16.5 Å². The van der Waals surface area contributed by atoms with Crippen LogP contribution in [0.5, 0.6) is 0 Å². The topological polar surface area (TPSA) is 49.9 Å². The highest BCUT2D eigenvalue weighted by Crippen LogP contribution is 2.35. The minimum atomic E-state index is -0.564. The summed E-state index contributed by atoms with van der Waals surface area (Å²) in [5.41, 5.74) is 1.83. The van der Waals surface area contributed by atoms with Crippen LogP contribution in [0, 0.1) is 0 Å². The lowest BCUT2D eigenvalue weighted by Crippen LogP contribution is -2.46. The first kappa shape index (κ1) is 14.9. The summed E-state index contributed by atoms with van der Waals surface area (Å²) >= 11 is 0. The van der Waals surface area contributed by atoms with E-state index in [0.717, 1.165) is 43.8 Å². The van der Waals surface area contributed by atoms with Gasteiger partial charge in [-0.2, -0.15) is 0 Å². The molecule has 0 unspecified atom stereocenters. The minimum absolute atomic E-state index is 0.467. The van der Waals surface area contributed by atoms with Gasteiger partial charge in [0.2, 0.25) is 0 Å². The maximum absolute atomic E-state index is 12.4. The Balaban J connectivity index is 1.78. The fraction of sp³-hybridized carbons (Fsp3) is 0.263. The van der Waals surface area contributed by atoms with Crippen molar-refractivity contribution in [1.29, 1.82) is 0 Å². The molecule has 5 heteroatoms. The number of cyclic esters (lactones) is 2. The average molecular weight is 322 g/mol. The SMILES string of the molecule is C=CCN1CCN(c2ccc3cccc4c3c2C(=O)OC4=O)CC1. The van der Waals surface area contributed by atoms with Gasteiger partial charge >= 0.3 is 11.9 Å². The Morgan fingerprint density at radius 1 is 1.04 bits per heavy atom. The second kappa shape index (κ2) is 5.76. The predicted molar refractivity (Wildman–Crippen MR) is 92.5 cm³/mol. The molecule has 4 rings (SSSR count). The zero-order valence-corrected chi connectivity index (χ0v) is 13.3. The number of piperazine rings is 1. The van der Waals surface area contributed by atoms with Gasteiger partial charge in [-0.25, -0.2) is 9.59 Å². The van der Waals surface area contributed by atoms with Crippen LogP contribution in [0.2, 0.25) is 0 Å². The Kier molecular flexibility index (Phi) is 3.58. The second-order valence-electron chi connectivity index (χ2n) is 6.12. The molecule has 1 saturated heterocycles. The second-order valence-corrected chi connectivity index (χ2v) is 6.12. The van der Waals surface area contributed by atoms with E-state index in [-0.39, 0.29) is 0 Å². The third-order valence-electron chi connectivity index (χ3n) is 4.73. The normalized spacial score (nSPS) is 17.9. The van der Waals surface area contributed by atoms with Crippen LogP contribution >= 0.6 is 0 Å². The molecule has 0 radical (unpaired) electrons. The van der Waals surface area contributed by atoms with Gasteiger partial charge in [-0.05, 0) is 17.5 Å². The maximum Gasteiger partial charge on any atom is 0.348 e. The molecule has 2 aromatic rings. The van der Waals surface area contributed by atoms with Crippen LogP contribution in [0.1, 0.15) is 20.7 Å². The van der Waals surface area contributed by atoms with Crippen molar-refractivity contribution in [1.82, 2.24) is 4.90 Å². The van der Waals surface area contributed by atoms with Crippen molar-refractivity contribution in [2.24, 2.45) is 0 Å². The summed E-state index contributed by atoms with van der Waals surface area (Å²) in [6.45, 7) is 8.14. The van der Waals surface area contributed by atoms with E-state index in [2.05, 4.69) is 16.4 Å². The summed E-state index contributed by atoms with van der Waals surface area (Å²) in [4.78, 5) is 29.0. The molecule has 0 aromatic heterocycles. The van der Waals surface area contributed by atoms with E-state index in [9.17, 15) is 9.59 Å². The van der Waals surface area contributed by atoms with Gasteiger partial charge in [0.1, 0.15) is 0 Å². The minimum Gasteiger partial charge on any atom is -0.386 e. The third kappa shape index (κ3) is 2.29. The molecule has 0 aliphatic carbocycles. The summed E-state index contributed by atoms with van der Waals surface area (Å²) in [7, 11) is 0. The molecule has 1 fully saturated rings. The van der Waals surface area contributed by atoms with Gasteiger partial charge in [-0.15, -0.1) is 6.58 Å². The number of carbonyl (C=O) groups is 2. The summed E-state index contributed by atoms with van der Waals surface area (Å²) in [5, 5.41) is 1.60. The van der Waals surface area contributed by atoms with Crippen molar-refractivity contribution >= 4 is 28.4 Å². The van der Waals surface area contributed by atoms with E-state index in [1.54, 1.807) is 6.07 Å². The molecular formula is C19H18N2O3. The Morgan fingerprint density at radius 2 is 1.83 bits per heavy atom. The molecule has 0 atom stereocenters. The molecule has 2 aliphatic heterocycles. The van der Waals surface area contributed by atoms with Crippen molar-refractivity contribution in [2.75, 3.05) is 37.6 Å². The molecule has 0 bridgehead atoms. The zero-order chi connectivity index (χ0) is 16.7. The summed E-state index contributed by atoms with van der Waals surface area (Å²) in [5.74, 6) is -1.11. The molecule has 2 aromatic carbocycles. The van der Waals surface area contributed by atoms with Crippen LogP contribution in [0.25, 0.3) is 10.8 Å². The van der Waals surface area contributed by atoms with Gasteiger partial charge in [-0.1, -0.05) is 24.3 Å². The number of anilines is 1. The molecule has 24 heavy (non-hydrogen) atoms. The Morgan fingerprint density at radius 3 is 2.58 bits per heavy atom. The molecule has 0 spiro atoms. The predicted octanol–water partition coefficient (Wildman–Crippen LogP) is 2.46. The lowest BCUT2D eigenvalue weighted by atomic mass is 9.95. The standard InChI is InChI=1S/C19H18N2O3/c1-2-8-20-9-11-21(12-10-20)15-7-6-13-4-3-5-14-16(13)17(15)19(23)24-18(14)22/h2-7H,1,8-12H2. The number of rotatable bonds is 3. The lowest BCUT2D eigenvalue weighted by molar-refractivity contribution is 0.0391. The largest absolute Gasteiger partial charge is 0.386 e. The molecule has 0 N–H and O–H groups in total. The molecule has 2 heterocycles. The van der Waals surface area contributed by atoms with Gasteiger partial charge in [0.15, 0.2) is 0 Å². The van der Waals surface area contributed by atoms with Gasteiger partial charge in [0.05, 0.1) is 16.8 Å². The first-order valence-electron chi connectivity index (χ1n) is 8.09. The lowest BCUT2D eigenvalue weighted by Gasteiger charge is -2.36. The quantitative estimate of drug-likeness (QED) is 0.493.